The first kappa shape index (κ1) is 14.8. The average Bonchev–Trinajstić information content (AvgIpc) is 2.43. The van der Waals surface area contributed by atoms with Gasteiger partial charge in [0.2, 0.25) is 0 Å². The van der Waals surface area contributed by atoms with Crippen molar-refractivity contribution in [1.82, 2.24) is 0 Å². The zero-order valence-corrected chi connectivity index (χ0v) is 10.6. The number of carbonyl (C=O) groups is 1. The molecule has 2 atom stereocenters. The fourth-order valence-electron chi connectivity index (χ4n) is 1.51. The number of benzene rings is 1. The Kier molecular flexibility index (Phi) is 7.20. The van der Waals surface area contributed by atoms with Gasteiger partial charge < -0.3 is 23.7 Å². The van der Waals surface area contributed by atoms with E-state index in [2.05, 4.69) is 0 Å². The summed E-state index contributed by atoms with van der Waals surface area (Å²) in [4.78, 5) is 11.1. The van der Waals surface area contributed by atoms with Crippen molar-refractivity contribution in [3.63, 3.8) is 0 Å². The van der Waals surface area contributed by atoms with Crippen LogP contribution >= 0.6 is 0 Å². The first-order valence-electron chi connectivity index (χ1n) is 5.54. The van der Waals surface area contributed by atoms with Gasteiger partial charge in [0.1, 0.15) is 25.8 Å². The van der Waals surface area contributed by atoms with Crippen molar-refractivity contribution in [3.8, 4) is 0 Å². The maximum Gasteiger partial charge on any atom is 0.151 e. The average molecular weight is 254 g/mol. The van der Waals surface area contributed by atoms with Gasteiger partial charge in [0.15, 0.2) is 6.29 Å². The highest BCUT2D eigenvalue weighted by Gasteiger charge is 2.24. The van der Waals surface area contributed by atoms with E-state index in [1.165, 1.54) is 14.2 Å². The van der Waals surface area contributed by atoms with E-state index >= 15 is 0 Å². The van der Waals surface area contributed by atoms with E-state index in [0.717, 1.165) is 5.56 Å². The molecule has 1 rings (SSSR count). The van der Waals surface area contributed by atoms with Crippen LogP contribution in [0.25, 0.3) is 0 Å². The van der Waals surface area contributed by atoms with Crippen molar-refractivity contribution in [3.05, 3.63) is 35.9 Å². The number of hydrogen-bond donors (Lipinski definition) is 0. The highest BCUT2D eigenvalue weighted by atomic mass is 16.7. The van der Waals surface area contributed by atoms with Crippen molar-refractivity contribution in [2.24, 2.45) is 0 Å². The molecule has 0 saturated carbocycles. The molecule has 0 aromatic heterocycles. The number of rotatable bonds is 9. The summed E-state index contributed by atoms with van der Waals surface area (Å²) in [6, 6.07) is 9.37. The minimum absolute atomic E-state index is 0.0308. The molecule has 0 fully saturated rings. The molecular formula is C13H18O5. The number of aldehydes is 1. The van der Waals surface area contributed by atoms with Crippen LogP contribution in [0.5, 0.6) is 0 Å². The van der Waals surface area contributed by atoms with Crippen molar-refractivity contribution in [2.45, 2.75) is 12.2 Å². The first-order chi connectivity index (χ1) is 8.83. The summed E-state index contributed by atoms with van der Waals surface area (Å²) in [6.07, 6.45) is -0.548. The molecule has 0 saturated heterocycles. The van der Waals surface area contributed by atoms with Gasteiger partial charge in [-0.25, -0.2) is 0 Å². The summed E-state index contributed by atoms with van der Waals surface area (Å²) in [5, 5.41) is 0. The van der Waals surface area contributed by atoms with E-state index in [4.69, 9.17) is 18.9 Å². The Morgan fingerprint density at radius 3 is 2.22 bits per heavy atom. The molecule has 5 heteroatoms. The van der Waals surface area contributed by atoms with Gasteiger partial charge in [-0.05, 0) is 5.56 Å². The summed E-state index contributed by atoms with van der Waals surface area (Å²) in [5.41, 5.74) is 0.850. The minimum Gasteiger partial charge on any atom is -0.359 e. The van der Waals surface area contributed by atoms with Crippen LogP contribution in [0.15, 0.2) is 30.3 Å². The Hall–Kier alpha value is -1.27. The third-order valence-corrected chi connectivity index (χ3v) is 2.30. The lowest BCUT2D eigenvalue weighted by atomic mass is 10.1. The van der Waals surface area contributed by atoms with E-state index in [0.29, 0.717) is 6.29 Å². The largest absolute Gasteiger partial charge is 0.359 e. The lowest BCUT2D eigenvalue weighted by Gasteiger charge is -2.23. The molecule has 0 N–H and O–H groups in total. The Bertz CT molecular complexity index is 327. The molecule has 1 aromatic carbocycles. The van der Waals surface area contributed by atoms with Crippen LogP contribution in [-0.4, -0.2) is 40.2 Å². The third kappa shape index (κ3) is 4.54. The minimum atomic E-state index is -0.734. The second-order valence-corrected chi connectivity index (χ2v) is 3.58. The van der Waals surface area contributed by atoms with E-state index in [9.17, 15) is 4.79 Å². The van der Waals surface area contributed by atoms with Gasteiger partial charge in [-0.2, -0.15) is 0 Å². The number of ether oxygens (including phenoxy) is 4. The Balaban J connectivity index is 2.78. The van der Waals surface area contributed by atoms with E-state index in [1.54, 1.807) is 0 Å². The fraction of sp³-hybridized carbons (Fsp3) is 0.462. The second-order valence-electron chi connectivity index (χ2n) is 3.58. The van der Waals surface area contributed by atoms with Crippen LogP contribution in [0.4, 0.5) is 0 Å². The highest BCUT2D eigenvalue weighted by Crippen LogP contribution is 2.22. The van der Waals surface area contributed by atoms with E-state index < -0.39 is 12.2 Å². The molecule has 0 radical (unpaired) electrons. The van der Waals surface area contributed by atoms with E-state index in [1.807, 2.05) is 30.3 Å². The maximum atomic E-state index is 11.1. The lowest BCUT2D eigenvalue weighted by Crippen LogP contribution is -2.27. The summed E-state index contributed by atoms with van der Waals surface area (Å²) in [7, 11) is 3.02. The third-order valence-electron chi connectivity index (χ3n) is 2.30. The molecule has 5 nitrogen and oxygen atoms in total. The monoisotopic (exact) mass is 254 g/mol. The van der Waals surface area contributed by atoms with Gasteiger partial charge in [0, 0.05) is 14.2 Å². The topological polar surface area (TPSA) is 54.0 Å². The smallest absolute Gasteiger partial charge is 0.151 e. The van der Waals surface area contributed by atoms with Gasteiger partial charge in [0.25, 0.3) is 0 Å². The van der Waals surface area contributed by atoms with Gasteiger partial charge in [-0.1, -0.05) is 30.3 Å². The maximum absolute atomic E-state index is 11.1. The first-order valence-corrected chi connectivity index (χ1v) is 5.54. The summed E-state index contributed by atoms with van der Waals surface area (Å²) in [6.45, 7) is 0.114. The molecule has 18 heavy (non-hydrogen) atoms. The molecule has 0 aliphatic rings. The second kappa shape index (κ2) is 8.77. The highest BCUT2D eigenvalue weighted by molar-refractivity contribution is 5.58. The molecule has 100 valence electrons. The van der Waals surface area contributed by atoms with Crippen LogP contribution in [-0.2, 0) is 23.7 Å². The molecular weight excluding hydrogens is 236 g/mol. The molecule has 0 unspecified atom stereocenters. The van der Waals surface area contributed by atoms with Crippen molar-refractivity contribution in [1.29, 1.82) is 0 Å². The standard InChI is InChI=1S/C13H18O5/c1-15-9-17-12(8-14)13(18-10-16-2)11-6-4-3-5-7-11/h3-8,12-13H,9-10H2,1-2H3/t12-,13-/m0/s1. The SMILES string of the molecule is COCO[C@@H](C=O)[C@@H](OCOC)c1ccccc1. The summed E-state index contributed by atoms with van der Waals surface area (Å²) in [5.74, 6) is 0. The Morgan fingerprint density at radius 1 is 1.06 bits per heavy atom. The predicted octanol–water partition coefficient (Wildman–Crippen LogP) is 1.54. The quantitative estimate of drug-likeness (QED) is 0.494. The number of methoxy groups -OCH3 is 2. The number of carbonyl (C=O) groups excluding carboxylic acids is 1. The molecule has 0 heterocycles. The van der Waals surface area contributed by atoms with Gasteiger partial charge in [0.05, 0.1) is 0 Å². The van der Waals surface area contributed by atoms with Crippen LogP contribution < -0.4 is 0 Å². The van der Waals surface area contributed by atoms with Gasteiger partial charge in [-0.15, -0.1) is 0 Å². The zero-order valence-electron chi connectivity index (χ0n) is 10.6. The fourth-order valence-corrected chi connectivity index (χ4v) is 1.51. The number of hydrogen-bond acceptors (Lipinski definition) is 5. The summed E-state index contributed by atoms with van der Waals surface area (Å²) < 4.78 is 20.4. The Morgan fingerprint density at radius 2 is 1.67 bits per heavy atom. The predicted molar refractivity (Wildman–Crippen MR) is 65.0 cm³/mol. The molecule has 1 aromatic rings. The van der Waals surface area contributed by atoms with Crippen LogP contribution in [0.3, 0.4) is 0 Å². The lowest BCUT2D eigenvalue weighted by molar-refractivity contribution is -0.164. The van der Waals surface area contributed by atoms with Crippen LogP contribution in [0.2, 0.25) is 0 Å². The van der Waals surface area contributed by atoms with E-state index in [-0.39, 0.29) is 13.6 Å². The summed E-state index contributed by atoms with van der Waals surface area (Å²) >= 11 is 0. The van der Waals surface area contributed by atoms with Crippen LogP contribution in [0.1, 0.15) is 11.7 Å². The zero-order chi connectivity index (χ0) is 13.2. The van der Waals surface area contributed by atoms with Gasteiger partial charge in [-0.3, -0.25) is 0 Å². The Labute approximate surface area is 107 Å². The van der Waals surface area contributed by atoms with Gasteiger partial charge >= 0.3 is 0 Å². The molecule has 0 amide bonds. The van der Waals surface area contributed by atoms with Crippen molar-refractivity contribution < 1.29 is 23.7 Å². The molecule has 0 bridgehead atoms. The molecule has 0 aliphatic carbocycles. The molecule has 0 spiro atoms. The van der Waals surface area contributed by atoms with Crippen molar-refractivity contribution >= 4 is 6.29 Å². The molecule has 0 aliphatic heterocycles. The van der Waals surface area contributed by atoms with Crippen LogP contribution in [0, 0.1) is 0 Å². The normalized spacial score (nSPS) is 14.1. The van der Waals surface area contributed by atoms with Crippen molar-refractivity contribution in [2.75, 3.05) is 27.8 Å².